The van der Waals surface area contributed by atoms with Crippen molar-refractivity contribution in [3.63, 3.8) is 0 Å². The van der Waals surface area contributed by atoms with Gasteiger partial charge in [0, 0.05) is 13.0 Å². The summed E-state index contributed by atoms with van der Waals surface area (Å²) < 4.78 is 0. The van der Waals surface area contributed by atoms with Gasteiger partial charge in [0.05, 0.1) is 6.07 Å². The smallest absolute Gasteiger partial charge is 0.0627 e. The Morgan fingerprint density at radius 3 is 2.50 bits per heavy atom. The topological polar surface area (TPSA) is 35.8 Å². The van der Waals surface area contributed by atoms with Crippen LogP contribution in [0.4, 0.5) is 0 Å². The maximum absolute atomic E-state index is 8.42. The van der Waals surface area contributed by atoms with E-state index in [1.165, 1.54) is 0 Å². The van der Waals surface area contributed by atoms with Crippen LogP contribution in [0.1, 0.15) is 27.2 Å². The molecule has 0 atom stereocenters. The van der Waals surface area contributed by atoms with Crippen LogP contribution in [0.3, 0.4) is 0 Å². The predicted molar refractivity (Wildman–Crippen MR) is 42.6 cm³/mol. The number of nitrogens with one attached hydrogen (secondary N) is 1. The third-order valence-electron chi connectivity index (χ3n) is 1.41. The van der Waals surface area contributed by atoms with E-state index in [1.807, 2.05) is 0 Å². The Hall–Kier alpha value is -0.550. The summed E-state index contributed by atoms with van der Waals surface area (Å²) in [6, 6.07) is 2.18. The van der Waals surface area contributed by atoms with Gasteiger partial charge in [-0.25, -0.2) is 0 Å². The van der Waals surface area contributed by atoms with Crippen molar-refractivity contribution in [3.05, 3.63) is 0 Å². The average molecular weight is 140 g/mol. The van der Waals surface area contributed by atoms with E-state index < -0.39 is 0 Å². The van der Waals surface area contributed by atoms with E-state index in [9.17, 15) is 0 Å². The van der Waals surface area contributed by atoms with Crippen LogP contribution < -0.4 is 5.32 Å². The molecule has 0 aliphatic heterocycles. The molecule has 0 aromatic carbocycles. The standard InChI is InChI=1S/C8H16N2/c1-4-10-7-8(2,3)5-6-9/h10H,4-5,7H2,1-3H3. The molecule has 0 spiro atoms. The van der Waals surface area contributed by atoms with E-state index in [0.29, 0.717) is 6.42 Å². The van der Waals surface area contributed by atoms with Gasteiger partial charge < -0.3 is 5.32 Å². The largest absolute Gasteiger partial charge is 0.316 e. The zero-order valence-electron chi connectivity index (χ0n) is 7.07. The molecule has 0 radical (unpaired) electrons. The molecule has 0 unspecified atom stereocenters. The highest BCUT2D eigenvalue weighted by atomic mass is 14.9. The van der Waals surface area contributed by atoms with Crippen molar-refractivity contribution in [3.8, 4) is 6.07 Å². The summed E-state index contributed by atoms with van der Waals surface area (Å²) in [5, 5.41) is 11.6. The summed E-state index contributed by atoms with van der Waals surface area (Å²) in [6.07, 6.45) is 0.625. The van der Waals surface area contributed by atoms with E-state index in [4.69, 9.17) is 5.26 Å². The lowest BCUT2D eigenvalue weighted by Crippen LogP contribution is -2.28. The summed E-state index contributed by atoms with van der Waals surface area (Å²) in [6.45, 7) is 8.17. The lowest BCUT2D eigenvalue weighted by atomic mass is 9.90. The van der Waals surface area contributed by atoms with E-state index in [2.05, 4.69) is 32.2 Å². The minimum absolute atomic E-state index is 0.130. The molecule has 2 nitrogen and oxygen atoms in total. The maximum atomic E-state index is 8.42. The molecule has 0 fully saturated rings. The van der Waals surface area contributed by atoms with Gasteiger partial charge >= 0.3 is 0 Å². The van der Waals surface area contributed by atoms with Gasteiger partial charge in [0.2, 0.25) is 0 Å². The average Bonchev–Trinajstić information content (AvgIpc) is 1.84. The van der Waals surface area contributed by atoms with Gasteiger partial charge in [-0.1, -0.05) is 20.8 Å². The van der Waals surface area contributed by atoms with Crippen molar-refractivity contribution >= 4 is 0 Å². The molecule has 0 aromatic rings. The normalized spacial score (nSPS) is 11.0. The second-order valence-electron chi connectivity index (χ2n) is 3.28. The Morgan fingerprint density at radius 1 is 1.50 bits per heavy atom. The number of hydrogen-bond acceptors (Lipinski definition) is 2. The van der Waals surface area contributed by atoms with Gasteiger partial charge in [-0.2, -0.15) is 5.26 Å². The van der Waals surface area contributed by atoms with Crippen molar-refractivity contribution in [1.29, 1.82) is 5.26 Å². The molecule has 0 saturated heterocycles. The lowest BCUT2D eigenvalue weighted by molar-refractivity contribution is 0.353. The third kappa shape index (κ3) is 4.34. The van der Waals surface area contributed by atoms with Gasteiger partial charge in [0.1, 0.15) is 0 Å². The molecule has 0 bridgehead atoms. The summed E-state index contributed by atoms with van der Waals surface area (Å²) >= 11 is 0. The van der Waals surface area contributed by atoms with Crippen LogP contribution in [0.25, 0.3) is 0 Å². The second-order valence-corrected chi connectivity index (χ2v) is 3.28. The quantitative estimate of drug-likeness (QED) is 0.643. The Morgan fingerprint density at radius 2 is 2.10 bits per heavy atom. The van der Waals surface area contributed by atoms with Gasteiger partial charge in [-0.15, -0.1) is 0 Å². The summed E-state index contributed by atoms with van der Waals surface area (Å²) in [5.74, 6) is 0. The van der Waals surface area contributed by atoms with Crippen LogP contribution in [-0.2, 0) is 0 Å². The Labute approximate surface area is 63.2 Å². The Bertz CT molecular complexity index is 122. The molecule has 0 rings (SSSR count). The molecule has 0 aliphatic carbocycles. The van der Waals surface area contributed by atoms with Crippen LogP contribution in [0, 0.1) is 16.7 Å². The van der Waals surface area contributed by atoms with Crippen molar-refractivity contribution in [2.45, 2.75) is 27.2 Å². The Kier molecular flexibility index (Phi) is 4.06. The fourth-order valence-electron chi connectivity index (χ4n) is 0.740. The van der Waals surface area contributed by atoms with Crippen LogP contribution in [0.2, 0.25) is 0 Å². The first kappa shape index (κ1) is 9.45. The van der Waals surface area contributed by atoms with E-state index >= 15 is 0 Å². The van der Waals surface area contributed by atoms with E-state index in [-0.39, 0.29) is 5.41 Å². The maximum Gasteiger partial charge on any atom is 0.0627 e. The molecule has 58 valence electrons. The van der Waals surface area contributed by atoms with Gasteiger partial charge in [0.25, 0.3) is 0 Å². The minimum Gasteiger partial charge on any atom is -0.316 e. The molecule has 0 saturated carbocycles. The molecular formula is C8H16N2. The summed E-state index contributed by atoms with van der Waals surface area (Å²) in [7, 11) is 0. The molecule has 10 heavy (non-hydrogen) atoms. The second kappa shape index (κ2) is 4.29. The predicted octanol–water partition coefficient (Wildman–Crippen LogP) is 1.54. The molecule has 2 heteroatoms. The number of hydrogen-bond donors (Lipinski definition) is 1. The molecular weight excluding hydrogens is 124 g/mol. The molecule has 0 aromatic heterocycles. The van der Waals surface area contributed by atoms with Crippen LogP contribution in [0.5, 0.6) is 0 Å². The highest BCUT2D eigenvalue weighted by molar-refractivity contribution is 4.83. The van der Waals surface area contributed by atoms with Crippen LogP contribution in [-0.4, -0.2) is 13.1 Å². The molecule has 1 N–H and O–H groups in total. The van der Waals surface area contributed by atoms with E-state index in [0.717, 1.165) is 13.1 Å². The highest BCUT2D eigenvalue weighted by Crippen LogP contribution is 2.17. The third-order valence-corrected chi connectivity index (χ3v) is 1.41. The number of rotatable bonds is 4. The number of nitrogens with zero attached hydrogens (tertiary/aromatic N) is 1. The molecule has 0 heterocycles. The highest BCUT2D eigenvalue weighted by Gasteiger charge is 2.15. The van der Waals surface area contributed by atoms with Crippen LogP contribution >= 0.6 is 0 Å². The van der Waals surface area contributed by atoms with Crippen LogP contribution in [0.15, 0.2) is 0 Å². The fraction of sp³-hybridized carbons (Fsp3) is 0.875. The van der Waals surface area contributed by atoms with Crippen molar-refractivity contribution in [2.75, 3.05) is 13.1 Å². The van der Waals surface area contributed by atoms with Crippen molar-refractivity contribution in [2.24, 2.45) is 5.41 Å². The van der Waals surface area contributed by atoms with Crippen molar-refractivity contribution < 1.29 is 0 Å². The first-order chi connectivity index (χ1) is 4.62. The number of nitriles is 1. The van der Waals surface area contributed by atoms with Gasteiger partial charge in [0.15, 0.2) is 0 Å². The fourth-order valence-corrected chi connectivity index (χ4v) is 0.740. The minimum atomic E-state index is 0.130. The first-order valence-corrected chi connectivity index (χ1v) is 3.70. The first-order valence-electron chi connectivity index (χ1n) is 3.70. The SMILES string of the molecule is CCNCC(C)(C)CC#N. The zero-order valence-corrected chi connectivity index (χ0v) is 7.07. The monoisotopic (exact) mass is 140 g/mol. The lowest BCUT2D eigenvalue weighted by Gasteiger charge is -2.20. The van der Waals surface area contributed by atoms with E-state index in [1.54, 1.807) is 0 Å². The Balaban J connectivity index is 3.55. The summed E-state index contributed by atoms with van der Waals surface area (Å²) in [4.78, 5) is 0. The van der Waals surface area contributed by atoms with Gasteiger partial charge in [-0.3, -0.25) is 0 Å². The van der Waals surface area contributed by atoms with Crippen molar-refractivity contribution in [1.82, 2.24) is 5.32 Å². The zero-order chi connectivity index (χ0) is 8.04. The molecule has 0 aliphatic rings. The molecule has 0 amide bonds. The summed E-state index contributed by atoms with van der Waals surface area (Å²) in [5.41, 5.74) is 0.130. The van der Waals surface area contributed by atoms with Gasteiger partial charge in [-0.05, 0) is 12.0 Å².